The average molecular weight is 453 g/mol. The zero-order valence-corrected chi connectivity index (χ0v) is 19.6. The predicted octanol–water partition coefficient (Wildman–Crippen LogP) is 4.31. The van der Waals surface area contributed by atoms with E-state index in [1.54, 1.807) is 13.8 Å². The van der Waals surface area contributed by atoms with Crippen LogP contribution in [0.25, 0.3) is 11.1 Å². The molecule has 0 aromatic heterocycles. The average Bonchev–Trinajstić information content (AvgIpc) is 3.10. The molecule has 3 rings (SSSR count). The molecule has 0 fully saturated rings. The molecule has 0 aliphatic heterocycles. The van der Waals surface area contributed by atoms with E-state index in [-0.39, 0.29) is 24.9 Å². The van der Waals surface area contributed by atoms with Crippen molar-refractivity contribution in [3.05, 3.63) is 59.7 Å². The number of carbonyl (C=O) groups excluding carboxylic acids is 2. The van der Waals surface area contributed by atoms with Gasteiger partial charge < -0.3 is 20.5 Å². The van der Waals surface area contributed by atoms with E-state index < -0.39 is 29.6 Å². The molecule has 33 heavy (non-hydrogen) atoms. The van der Waals surface area contributed by atoms with Crippen LogP contribution in [0.4, 0.5) is 4.79 Å². The molecule has 0 radical (unpaired) electrons. The number of aliphatic carboxylic acids is 1. The number of rotatable bonds is 9. The van der Waals surface area contributed by atoms with Crippen molar-refractivity contribution in [2.24, 2.45) is 5.92 Å². The minimum absolute atomic E-state index is 0.0905. The molecular formula is C26H32N2O5. The van der Waals surface area contributed by atoms with Gasteiger partial charge in [-0.2, -0.15) is 0 Å². The van der Waals surface area contributed by atoms with Gasteiger partial charge in [-0.15, -0.1) is 0 Å². The Bertz CT molecular complexity index is 989. The molecule has 0 bridgehead atoms. The zero-order valence-electron chi connectivity index (χ0n) is 19.6. The normalized spacial score (nSPS) is 15.2. The Morgan fingerprint density at radius 1 is 1.03 bits per heavy atom. The largest absolute Gasteiger partial charge is 0.480 e. The van der Waals surface area contributed by atoms with Gasteiger partial charge in [-0.3, -0.25) is 4.79 Å². The summed E-state index contributed by atoms with van der Waals surface area (Å²) < 4.78 is 5.56. The summed E-state index contributed by atoms with van der Waals surface area (Å²) in [7, 11) is 0. The topological polar surface area (TPSA) is 105 Å². The quantitative estimate of drug-likeness (QED) is 0.526. The summed E-state index contributed by atoms with van der Waals surface area (Å²) in [6.45, 7) is 7.22. The summed E-state index contributed by atoms with van der Waals surface area (Å²) in [5, 5.41) is 14.6. The molecule has 2 aromatic rings. The Kier molecular flexibility index (Phi) is 7.41. The van der Waals surface area contributed by atoms with Crippen LogP contribution in [0.5, 0.6) is 0 Å². The lowest BCUT2D eigenvalue weighted by Crippen LogP contribution is -2.59. The van der Waals surface area contributed by atoms with E-state index in [1.165, 1.54) is 0 Å². The SMILES string of the molecule is CCC(C)(NC(=O)OCC1c2ccccc2-c2ccccc21)C(=O)N[C@H](CC(C)C)C(=O)O. The zero-order chi connectivity index (χ0) is 24.2. The molecule has 1 unspecified atom stereocenters. The smallest absolute Gasteiger partial charge is 0.408 e. The van der Waals surface area contributed by atoms with Crippen molar-refractivity contribution >= 4 is 18.0 Å². The fourth-order valence-electron chi connectivity index (χ4n) is 4.18. The van der Waals surface area contributed by atoms with Gasteiger partial charge in [-0.1, -0.05) is 69.3 Å². The van der Waals surface area contributed by atoms with E-state index in [0.29, 0.717) is 6.42 Å². The number of benzene rings is 2. The van der Waals surface area contributed by atoms with E-state index in [0.717, 1.165) is 22.3 Å². The third kappa shape index (κ3) is 5.35. The minimum atomic E-state index is -1.30. The fraction of sp³-hybridized carbons (Fsp3) is 0.423. The molecule has 1 aliphatic rings. The summed E-state index contributed by atoms with van der Waals surface area (Å²) in [6, 6.07) is 15.1. The summed E-state index contributed by atoms with van der Waals surface area (Å²) in [6.07, 6.45) is -0.143. The molecule has 2 amide bonds. The molecule has 1 aliphatic carbocycles. The van der Waals surface area contributed by atoms with E-state index in [2.05, 4.69) is 22.8 Å². The maximum Gasteiger partial charge on any atom is 0.408 e. The first-order chi connectivity index (χ1) is 15.7. The van der Waals surface area contributed by atoms with E-state index in [9.17, 15) is 19.5 Å². The summed E-state index contributed by atoms with van der Waals surface area (Å²) in [4.78, 5) is 37.1. The minimum Gasteiger partial charge on any atom is -0.480 e. The number of hydrogen-bond acceptors (Lipinski definition) is 4. The highest BCUT2D eigenvalue weighted by atomic mass is 16.5. The molecular weight excluding hydrogens is 420 g/mol. The second kappa shape index (κ2) is 10.1. The maximum absolute atomic E-state index is 12.9. The van der Waals surface area contributed by atoms with Gasteiger partial charge in [0, 0.05) is 5.92 Å². The molecule has 176 valence electrons. The summed E-state index contributed by atoms with van der Waals surface area (Å²) in [5.41, 5.74) is 3.16. The van der Waals surface area contributed by atoms with Crippen molar-refractivity contribution in [2.75, 3.05) is 6.61 Å². The summed E-state index contributed by atoms with van der Waals surface area (Å²) in [5.74, 6) is -1.65. The number of alkyl carbamates (subject to hydrolysis) is 1. The molecule has 7 nitrogen and oxygen atoms in total. The number of carbonyl (C=O) groups is 3. The Morgan fingerprint density at radius 2 is 1.58 bits per heavy atom. The molecule has 0 spiro atoms. The van der Waals surface area contributed by atoms with Gasteiger partial charge in [0.15, 0.2) is 0 Å². The fourth-order valence-corrected chi connectivity index (χ4v) is 4.18. The van der Waals surface area contributed by atoms with Crippen LogP contribution in [0.3, 0.4) is 0 Å². The first-order valence-corrected chi connectivity index (χ1v) is 11.3. The van der Waals surface area contributed by atoms with Crippen molar-refractivity contribution in [3.63, 3.8) is 0 Å². The van der Waals surface area contributed by atoms with Gasteiger partial charge in [0.25, 0.3) is 0 Å². The van der Waals surface area contributed by atoms with Crippen molar-refractivity contribution in [1.29, 1.82) is 0 Å². The second-order valence-corrected chi connectivity index (χ2v) is 9.13. The van der Waals surface area contributed by atoms with Crippen LogP contribution >= 0.6 is 0 Å². The van der Waals surface area contributed by atoms with Crippen molar-refractivity contribution in [3.8, 4) is 11.1 Å². The summed E-state index contributed by atoms with van der Waals surface area (Å²) >= 11 is 0. The standard InChI is InChI=1S/C26H32N2O5/c1-5-26(4,24(31)27-22(23(29)30)14-16(2)3)28-25(32)33-15-21-19-12-8-6-10-17(19)18-11-7-9-13-20(18)21/h6-13,16,21-22H,5,14-15H2,1-4H3,(H,27,31)(H,28,32)(H,29,30)/t22-,26?/m1/s1. The number of carboxylic acids is 1. The van der Waals surface area contributed by atoms with Crippen LogP contribution in [-0.4, -0.2) is 41.3 Å². The van der Waals surface area contributed by atoms with E-state index in [1.807, 2.05) is 50.2 Å². The number of amides is 2. The van der Waals surface area contributed by atoms with Gasteiger partial charge in [0.05, 0.1) is 0 Å². The number of fused-ring (bicyclic) bond motifs is 3. The van der Waals surface area contributed by atoms with Crippen molar-refractivity contribution in [2.45, 2.75) is 58.0 Å². The van der Waals surface area contributed by atoms with Crippen LogP contribution in [-0.2, 0) is 14.3 Å². The molecule has 7 heteroatoms. The van der Waals surface area contributed by atoms with Crippen LogP contribution in [0.1, 0.15) is 57.6 Å². The predicted molar refractivity (Wildman–Crippen MR) is 126 cm³/mol. The lowest BCUT2D eigenvalue weighted by molar-refractivity contribution is -0.143. The number of ether oxygens (including phenoxy) is 1. The molecule has 3 N–H and O–H groups in total. The van der Waals surface area contributed by atoms with Crippen molar-refractivity contribution in [1.82, 2.24) is 10.6 Å². The third-order valence-electron chi connectivity index (χ3n) is 6.24. The van der Waals surface area contributed by atoms with Gasteiger partial charge in [-0.05, 0) is 47.9 Å². The second-order valence-electron chi connectivity index (χ2n) is 9.13. The molecule has 2 aromatic carbocycles. The number of hydrogen-bond donors (Lipinski definition) is 3. The van der Waals surface area contributed by atoms with Gasteiger partial charge >= 0.3 is 12.1 Å². The molecule has 0 saturated heterocycles. The highest BCUT2D eigenvalue weighted by Gasteiger charge is 2.37. The molecule has 2 atom stereocenters. The van der Waals surface area contributed by atoms with Gasteiger partial charge in [0.2, 0.25) is 5.91 Å². The van der Waals surface area contributed by atoms with E-state index in [4.69, 9.17) is 4.74 Å². The van der Waals surface area contributed by atoms with Crippen LogP contribution in [0.2, 0.25) is 0 Å². The Balaban J connectivity index is 1.67. The first kappa shape index (κ1) is 24.3. The molecule has 0 saturated carbocycles. The first-order valence-electron chi connectivity index (χ1n) is 11.3. The number of nitrogens with one attached hydrogen (secondary N) is 2. The van der Waals surface area contributed by atoms with Crippen LogP contribution in [0, 0.1) is 5.92 Å². The Hall–Kier alpha value is -3.35. The number of carboxylic acid groups (broad SMARTS) is 1. The van der Waals surface area contributed by atoms with Gasteiger partial charge in [0.1, 0.15) is 18.2 Å². The van der Waals surface area contributed by atoms with Crippen molar-refractivity contribution < 1.29 is 24.2 Å². The Labute approximate surface area is 194 Å². The third-order valence-corrected chi connectivity index (χ3v) is 6.24. The molecule has 0 heterocycles. The highest BCUT2D eigenvalue weighted by molar-refractivity contribution is 5.92. The maximum atomic E-state index is 12.9. The monoisotopic (exact) mass is 452 g/mol. The lowest BCUT2D eigenvalue weighted by Gasteiger charge is -2.30. The van der Waals surface area contributed by atoms with Crippen LogP contribution < -0.4 is 10.6 Å². The van der Waals surface area contributed by atoms with Gasteiger partial charge in [-0.25, -0.2) is 9.59 Å². The van der Waals surface area contributed by atoms with Crippen LogP contribution in [0.15, 0.2) is 48.5 Å². The van der Waals surface area contributed by atoms with E-state index >= 15 is 0 Å². The lowest BCUT2D eigenvalue weighted by atomic mass is 9.96. The highest BCUT2D eigenvalue weighted by Crippen LogP contribution is 2.44. The Morgan fingerprint density at radius 3 is 2.06 bits per heavy atom.